The van der Waals surface area contributed by atoms with Crippen LogP contribution in [0.15, 0.2) is 30.5 Å². The summed E-state index contributed by atoms with van der Waals surface area (Å²) in [5.41, 5.74) is 2.52. The van der Waals surface area contributed by atoms with Crippen molar-refractivity contribution < 1.29 is 9.53 Å². The van der Waals surface area contributed by atoms with Crippen molar-refractivity contribution in [1.29, 1.82) is 0 Å². The van der Waals surface area contributed by atoms with E-state index in [1.807, 2.05) is 6.20 Å². The van der Waals surface area contributed by atoms with Gasteiger partial charge in [-0.2, -0.15) is 0 Å². The largest absolute Gasteiger partial charge is 0.468 e. The molecule has 3 nitrogen and oxygen atoms in total. The number of benzene rings is 1. The van der Waals surface area contributed by atoms with Crippen LogP contribution in [0, 0.1) is 6.92 Å². The lowest BCUT2D eigenvalue weighted by atomic mass is 10.2. The molecule has 0 bridgehead atoms. The van der Waals surface area contributed by atoms with Gasteiger partial charge in [-0.3, -0.25) is 4.79 Å². The SMILES string of the molecule is CCOC=O.Cc1ccc2cc[nH]c2c1. The number of nitrogens with one attached hydrogen (secondary N) is 1. The minimum Gasteiger partial charge on any atom is -0.468 e. The van der Waals surface area contributed by atoms with Gasteiger partial charge >= 0.3 is 0 Å². The first kappa shape index (κ1) is 11.3. The van der Waals surface area contributed by atoms with Crippen molar-refractivity contribution in [3.8, 4) is 0 Å². The van der Waals surface area contributed by atoms with Crippen LogP contribution in [0.3, 0.4) is 0 Å². The van der Waals surface area contributed by atoms with Crippen molar-refractivity contribution in [3.63, 3.8) is 0 Å². The summed E-state index contributed by atoms with van der Waals surface area (Å²) < 4.78 is 4.15. The highest BCUT2D eigenvalue weighted by molar-refractivity contribution is 5.79. The second-order valence-corrected chi connectivity index (χ2v) is 3.12. The number of hydrogen-bond acceptors (Lipinski definition) is 2. The van der Waals surface area contributed by atoms with E-state index in [0.29, 0.717) is 13.1 Å². The Morgan fingerprint density at radius 2 is 2.20 bits per heavy atom. The zero-order valence-electron chi connectivity index (χ0n) is 8.99. The van der Waals surface area contributed by atoms with Gasteiger partial charge in [0.25, 0.3) is 6.47 Å². The second-order valence-electron chi connectivity index (χ2n) is 3.12. The first-order valence-electron chi connectivity index (χ1n) is 4.87. The lowest BCUT2D eigenvalue weighted by molar-refractivity contribution is -0.128. The summed E-state index contributed by atoms with van der Waals surface area (Å²) in [6.45, 7) is 4.76. The van der Waals surface area contributed by atoms with E-state index in [4.69, 9.17) is 0 Å². The lowest BCUT2D eigenvalue weighted by Crippen LogP contribution is -1.80. The molecule has 2 rings (SSSR count). The highest BCUT2D eigenvalue weighted by atomic mass is 16.5. The third kappa shape index (κ3) is 3.46. The van der Waals surface area contributed by atoms with Crippen molar-refractivity contribution in [1.82, 2.24) is 4.98 Å². The van der Waals surface area contributed by atoms with Crippen LogP contribution in [-0.4, -0.2) is 18.1 Å². The molecule has 0 aliphatic carbocycles. The average Bonchev–Trinajstić information content (AvgIpc) is 2.67. The van der Waals surface area contributed by atoms with Gasteiger partial charge in [0.05, 0.1) is 6.61 Å². The van der Waals surface area contributed by atoms with Crippen LogP contribution in [-0.2, 0) is 9.53 Å². The standard InChI is InChI=1S/C9H9N.C3H6O2/c1-7-2-3-8-4-5-10-9(8)6-7;1-2-5-3-4/h2-6,10H,1H3;3H,2H2,1H3. The maximum atomic E-state index is 9.18. The predicted octanol–water partition coefficient (Wildman–Crippen LogP) is 2.66. The molecule has 0 spiro atoms. The zero-order chi connectivity index (χ0) is 11.1. The molecule has 0 saturated heterocycles. The van der Waals surface area contributed by atoms with Crippen LogP contribution < -0.4 is 0 Å². The van der Waals surface area contributed by atoms with E-state index in [1.165, 1.54) is 16.5 Å². The highest BCUT2D eigenvalue weighted by Crippen LogP contribution is 2.12. The van der Waals surface area contributed by atoms with E-state index in [2.05, 4.69) is 40.9 Å². The molecule has 1 aromatic carbocycles. The molecule has 0 amide bonds. The molecule has 3 heteroatoms. The molecule has 0 saturated carbocycles. The average molecular weight is 205 g/mol. The number of aromatic nitrogens is 1. The maximum absolute atomic E-state index is 9.18. The third-order valence-electron chi connectivity index (χ3n) is 1.95. The summed E-state index contributed by atoms with van der Waals surface area (Å²) in [5, 5.41) is 1.28. The molecule has 1 N–H and O–H groups in total. The molecule has 1 heterocycles. The van der Waals surface area contributed by atoms with Crippen molar-refractivity contribution in [2.75, 3.05) is 6.61 Å². The molecule has 0 aliphatic heterocycles. The molecule has 15 heavy (non-hydrogen) atoms. The lowest BCUT2D eigenvalue weighted by Gasteiger charge is -1.90. The van der Waals surface area contributed by atoms with Crippen molar-refractivity contribution >= 4 is 17.4 Å². The number of hydrogen-bond donors (Lipinski definition) is 1. The Balaban J connectivity index is 0.000000195. The van der Waals surface area contributed by atoms with E-state index in [0.717, 1.165) is 0 Å². The van der Waals surface area contributed by atoms with Gasteiger partial charge in [-0.1, -0.05) is 12.1 Å². The monoisotopic (exact) mass is 205 g/mol. The number of rotatable bonds is 2. The Kier molecular flexibility index (Phi) is 4.41. The first-order chi connectivity index (χ1) is 7.27. The molecule has 0 unspecified atom stereocenters. The summed E-state index contributed by atoms with van der Waals surface area (Å²) in [6, 6.07) is 8.47. The van der Waals surface area contributed by atoms with Crippen LogP contribution in [0.2, 0.25) is 0 Å². The summed E-state index contributed by atoms with van der Waals surface area (Å²) in [5.74, 6) is 0. The molecule has 0 aliphatic rings. The van der Waals surface area contributed by atoms with Crippen LogP contribution >= 0.6 is 0 Å². The molecule has 80 valence electrons. The quantitative estimate of drug-likeness (QED) is 0.766. The fraction of sp³-hybridized carbons (Fsp3) is 0.250. The minimum absolute atomic E-state index is 0.431. The molecular weight excluding hydrogens is 190 g/mol. The van der Waals surface area contributed by atoms with E-state index in [1.54, 1.807) is 6.92 Å². The Labute approximate surface area is 89.1 Å². The number of ether oxygens (including phenoxy) is 1. The Morgan fingerprint density at radius 3 is 2.80 bits per heavy atom. The number of carbonyl (C=O) groups is 1. The molecule has 0 atom stereocenters. The van der Waals surface area contributed by atoms with Gasteiger partial charge < -0.3 is 9.72 Å². The van der Waals surface area contributed by atoms with Gasteiger partial charge in [-0.15, -0.1) is 0 Å². The van der Waals surface area contributed by atoms with E-state index < -0.39 is 0 Å². The molecular formula is C12H15NO2. The van der Waals surface area contributed by atoms with Gasteiger partial charge in [0, 0.05) is 11.7 Å². The van der Waals surface area contributed by atoms with Gasteiger partial charge in [0.1, 0.15) is 0 Å². The van der Waals surface area contributed by atoms with Crippen LogP contribution in [0.5, 0.6) is 0 Å². The summed E-state index contributed by atoms with van der Waals surface area (Å²) in [4.78, 5) is 12.3. The highest BCUT2D eigenvalue weighted by Gasteiger charge is 1.91. The fourth-order valence-electron chi connectivity index (χ4n) is 1.23. The number of aromatic amines is 1. The topological polar surface area (TPSA) is 42.1 Å². The molecule has 0 radical (unpaired) electrons. The van der Waals surface area contributed by atoms with Gasteiger partial charge in [-0.05, 0) is 36.9 Å². The smallest absolute Gasteiger partial charge is 0.293 e. The number of fused-ring (bicyclic) bond motifs is 1. The third-order valence-corrected chi connectivity index (χ3v) is 1.95. The van der Waals surface area contributed by atoms with Crippen LogP contribution in [0.25, 0.3) is 10.9 Å². The van der Waals surface area contributed by atoms with Crippen LogP contribution in [0.1, 0.15) is 12.5 Å². The minimum atomic E-state index is 0.431. The molecule has 1 aromatic heterocycles. The molecule has 0 fully saturated rings. The van der Waals surface area contributed by atoms with Crippen molar-refractivity contribution in [2.45, 2.75) is 13.8 Å². The summed E-state index contributed by atoms with van der Waals surface area (Å²) >= 11 is 0. The van der Waals surface area contributed by atoms with E-state index >= 15 is 0 Å². The number of aryl methyl sites for hydroxylation is 1. The predicted molar refractivity (Wildman–Crippen MR) is 60.7 cm³/mol. The zero-order valence-corrected chi connectivity index (χ0v) is 8.99. The summed E-state index contributed by atoms with van der Waals surface area (Å²) in [7, 11) is 0. The molecule has 2 aromatic rings. The number of H-pyrrole nitrogens is 1. The second kappa shape index (κ2) is 5.86. The number of carbonyl (C=O) groups excluding carboxylic acids is 1. The Morgan fingerprint density at radius 1 is 1.40 bits per heavy atom. The first-order valence-corrected chi connectivity index (χ1v) is 4.87. The van der Waals surface area contributed by atoms with E-state index in [-0.39, 0.29) is 0 Å². The van der Waals surface area contributed by atoms with Crippen molar-refractivity contribution in [2.24, 2.45) is 0 Å². The normalized spacial score (nSPS) is 9.20. The van der Waals surface area contributed by atoms with Gasteiger partial charge in [0.2, 0.25) is 0 Å². The fourth-order valence-corrected chi connectivity index (χ4v) is 1.23. The van der Waals surface area contributed by atoms with Crippen LogP contribution in [0.4, 0.5) is 0 Å². The maximum Gasteiger partial charge on any atom is 0.293 e. The summed E-state index contributed by atoms with van der Waals surface area (Å²) in [6.07, 6.45) is 1.96. The Hall–Kier alpha value is -1.77. The van der Waals surface area contributed by atoms with Gasteiger partial charge in [0.15, 0.2) is 0 Å². The van der Waals surface area contributed by atoms with Crippen molar-refractivity contribution in [3.05, 3.63) is 36.0 Å². The van der Waals surface area contributed by atoms with Gasteiger partial charge in [-0.25, -0.2) is 0 Å². The van der Waals surface area contributed by atoms with E-state index in [9.17, 15) is 4.79 Å². The Bertz CT molecular complexity index is 420.